The predicted molar refractivity (Wildman–Crippen MR) is 51.1 cm³/mol. The zero-order valence-corrected chi connectivity index (χ0v) is 8.80. The molecule has 82 valence electrons. The zero-order chi connectivity index (χ0) is 11.6. The number of hydrogen-bond donors (Lipinski definition) is 0. The van der Waals surface area contributed by atoms with Gasteiger partial charge in [0, 0.05) is 10.5 Å². The van der Waals surface area contributed by atoms with Crippen molar-refractivity contribution in [2.24, 2.45) is 5.41 Å². The molecule has 0 atom stereocenters. The quantitative estimate of drug-likeness (QED) is 0.546. The highest BCUT2D eigenvalue weighted by Crippen LogP contribution is 2.15. The van der Waals surface area contributed by atoms with Crippen LogP contribution in [0.15, 0.2) is 6.33 Å². The van der Waals surface area contributed by atoms with Crippen molar-refractivity contribution < 1.29 is 9.72 Å². The molecular weight excluding hydrogens is 200 g/mol. The van der Waals surface area contributed by atoms with Gasteiger partial charge in [-0.2, -0.15) is 4.68 Å². The second-order valence-corrected chi connectivity index (χ2v) is 4.17. The summed E-state index contributed by atoms with van der Waals surface area (Å²) >= 11 is 0. The van der Waals surface area contributed by atoms with Crippen molar-refractivity contribution in [1.82, 2.24) is 14.8 Å². The van der Waals surface area contributed by atoms with Gasteiger partial charge in [0.2, 0.25) is 6.33 Å². The lowest BCUT2D eigenvalue weighted by Gasteiger charge is -2.14. The minimum absolute atomic E-state index is 0.00431. The standard InChI is InChI=1S/C8H12N4O3/c1-8(2,3)6(13)4-11-5-9-7(10-11)12(14)15/h5H,4H2,1-3H3. The Bertz CT molecular complexity index is 391. The lowest BCUT2D eigenvalue weighted by Crippen LogP contribution is -2.25. The molecule has 0 aromatic carbocycles. The van der Waals surface area contributed by atoms with Gasteiger partial charge in [0.15, 0.2) is 5.78 Å². The van der Waals surface area contributed by atoms with Crippen LogP contribution in [-0.4, -0.2) is 25.5 Å². The Balaban J connectivity index is 2.74. The molecule has 0 saturated heterocycles. The van der Waals surface area contributed by atoms with Gasteiger partial charge in [0.1, 0.15) is 6.54 Å². The van der Waals surface area contributed by atoms with Gasteiger partial charge >= 0.3 is 5.95 Å². The van der Waals surface area contributed by atoms with Crippen LogP contribution in [0.1, 0.15) is 20.8 Å². The number of nitrogens with zero attached hydrogens (tertiary/aromatic N) is 4. The molecule has 0 amide bonds. The highest BCUT2D eigenvalue weighted by atomic mass is 16.6. The second kappa shape index (κ2) is 3.76. The number of carbonyl (C=O) groups is 1. The number of nitro groups is 1. The highest BCUT2D eigenvalue weighted by Gasteiger charge is 2.23. The number of carbonyl (C=O) groups excluding carboxylic acids is 1. The molecule has 7 nitrogen and oxygen atoms in total. The molecule has 0 aliphatic heterocycles. The number of aromatic nitrogens is 3. The van der Waals surface area contributed by atoms with Crippen LogP contribution in [0.4, 0.5) is 5.95 Å². The van der Waals surface area contributed by atoms with E-state index in [1.807, 2.05) is 0 Å². The van der Waals surface area contributed by atoms with Gasteiger partial charge in [-0.15, -0.1) is 0 Å². The largest absolute Gasteiger partial charge is 0.490 e. The summed E-state index contributed by atoms with van der Waals surface area (Å²) in [5, 5.41) is 13.8. The minimum atomic E-state index is -0.696. The van der Waals surface area contributed by atoms with Crippen molar-refractivity contribution in [1.29, 1.82) is 0 Å². The van der Waals surface area contributed by atoms with Crippen LogP contribution < -0.4 is 0 Å². The molecule has 0 saturated carbocycles. The fourth-order valence-electron chi connectivity index (χ4n) is 0.829. The number of hydrogen-bond acceptors (Lipinski definition) is 5. The summed E-state index contributed by atoms with van der Waals surface area (Å²) in [4.78, 5) is 24.6. The maximum absolute atomic E-state index is 11.6. The van der Waals surface area contributed by atoms with E-state index < -0.39 is 16.3 Å². The molecule has 1 heterocycles. The Morgan fingerprint density at radius 3 is 2.60 bits per heavy atom. The normalized spacial score (nSPS) is 11.4. The van der Waals surface area contributed by atoms with Gasteiger partial charge in [-0.05, 0) is 4.92 Å². The Morgan fingerprint density at radius 2 is 2.20 bits per heavy atom. The summed E-state index contributed by atoms with van der Waals surface area (Å²) < 4.78 is 1.17. The Labute approximate surface area is 86.3 Å². The van der Waals surface area contributed by atoms with Gasteiger partial charge in [-0.3, -0.25) is 4.79 Å². The van der Waals surface area contributed by atoms with E-state index in [2.05, 4.69) is 10.1 Å². The van der Waals surface area contributed by atoms with Crippen LogP contribution in [-0.2, 0) is 11.3 Å². The van der Waals surface area contributed by atoms with E-state index in [1.54, 1.807) is 20.8 Å². The second-order valence-electron chi connectivity index (χ2n) is 4.17. The monoisotopic (exact) mass is 212 g/mol. The Kier molecular flexibility index (Phi) is 2.83. The van der Waals surface area contributed by atoms with Crippen LogP contribution in [0.5, 0.6) is 0 Å². The van der Waals surface area contributed by atoms with Crippen LogP contribution >= 0.6 is 0 Å². The first-order chi connectivity index (χ1) is 6.80. The van der Waals surface area contributed by atoms with Crippen LogP contribution in [0.25, 0.3) is 0 Å². The molecule has 0 bridgehead atoms. The molecule has 0 fully saturated rings. The fraction of sp³-hybridized carbons (Fsp3) is 0.625. The third-order valence-corrected chi connectivity index (χ3v) is 1.83. The van der Waals surface area contributed by atoms with Crippen molar-refractivity contribution >= 4 is 11.7 Å². The fourth-order valence-corrected chi connectivity index (χ4v) is 0.829. The molecule has 1 rings (SSSR count). The molecule has 0 aliphatic carbocycles. The van der Waals surface area contributed by atoms with E-state index in [-0.39, 0.29) is 12.3 Å². The average molecular weight is 212 g/mol. The van der Waals surface area contributed by atoms with E-state index >= 15 is 0 Å². The smallest absolute Gasteiger partial charge is 0.390 e. The van der Waals surface area contributed by atoms with Gasteiger partial charge in [-0.1, -0.05) is 25.8 Å². The SMILES string of the molecule is CC(C)(C)C(=O)Cn1cnc([N+](=O)[O-])n1. The minimum Gasteiger partial charge on any atom is -0.390 e. The van der Waals surface area contributed by atoms with Gasteiger partial charge in [-0.25, -0.2) is 0 Å². The maximum Gasteiger partial charge on any atom is 0.490 e. The maximum atomic E-state index is 11.6. The molecule has 0 aliphatic rings. The molecule has 15 heavy (non-hydrogen) atoms. The lowest BCUT2D eigenvalue weighted by atomic mass is 9.91. The molecule has 0 N–H and O–H groups in total. The van der Waals surface area contributed by atoms with Gasteiger partial charge in [0.25, 0.3) is 0 Å². The Hall–Kier alpha value is -1.79. The third kappa shape index (κ3) is 2.83. The van der Waals surface area contributed by atoms with Gasteiger partial charge in [0.05, 0.1) is 0 Å². The molecule has 1 aromatic rings. The van der Waals surface area contributed by atoms with Crippen molar-refractivity contribution in [2.75, 3.05) is 0 Å². The molecule has 0 spiro atoms. The van der Waals surface area contributed by atoms with Gasteiger partial charge < -0.3 is 10.1 Å². The Morgan fingerprint density at radius 1 is 1.60 bits per heavy atom. The third-order valence-electron chi connectivity index (χ3n) is 1.83. The van der Waals surface area contributed by atoms with Crippen molar-refractivity contribution in [2.45, 2.75) is 27.3 Å². The number of Topliss-reactive ketones (excluding diaryl/α,β-unsaturated/α-hetero) is 1. The molecule has 7 heteroatoms. The first kappa shape index (κ1) is 11.3. The van der Waals surface area contributed by atoms with E-state index in [9.17, 15) is 14.9 Å². The van der Waals surface area contributed by atoms with Crippen LogP contribution in [0.3, 0.4) is 0 Å². The lowest BCUT2D eigenvalue weighted by molar-refractivity contribution is -0.394. The van der Waals surface area contributed by atoms with E-state index in [0.29, 0.717) is 0 Å². The average Bonchev–Trinajstić information content (AvgIpc) is 2.50. The number of rotatable bonds is 3. The molecular formula is C8H12N4O3. The predicted octanol–water partition coefficient (Wildman–Crippen LogP) is 0.801. The van der Waals surface area contributed by atoms with E-state index in [0.717, 1.165) is 0 Å². The van der Waals surface area contributed by atoms with E-state index in [1.165, 1.54) is 11.0 Å². The van der Waals surface area contributed by atoms with Crippen molar-refractivity contribution in [3.8, 4) is 0 Å². The summed E-state index contributed by atoms with van der Waals surface area (Å²) in [6, 6.07) is 0. The van der Waals surface area contributed by atoms with Crippen molar-refractivity contribution in [3.63, 3.8) is 0 Å². The summed E-state index contributed by atoms with van der Waals surface area (Å²) in [7, 11) is 0. The summed E-state index contributed by atoms with van der Waals surface area (Å²) in [6.07, 6.45) is 1.18. The zero-order valence-electron chi connectivity index (χ0n) is 8.80. The molecule has 0 radical (unpaired) electrons. The molecule has 1 aromatic heterocycles. The number of ketones is 1. The summed E-state index contributed by atoms with van der Waals surface area (Å²) in [5.41, 5.74) is -0.485. The summed E-state index contributed by atoms with van der Waals surface area (Å²) in [5.74, 6) is -0.543. The summed E-state index contributed by atoms with van der Waals surface area (Å²) in [6.45, 7) is 5.34. The highest BCUT2D eigenvalue weighted by molar-refractivity contribution is 5.83. The first-order valence-electron chi connectivity index (χ1n) is 4.38. The first-order valence-corrected chi connectivity index (χ1v) is 4.38. The van der Waals surface area contributed by atoms with Crippen molar-refractivity contribution in [3.05, 3.63) is 16.4 Å². The van der Waals surface area contributed by atoms with E-state index in [4.69, 9.17) is 0 Å². The van der Waals surface area contributed by atoms with Crippen LogP contribution in [0, 0.1) is 15.5 Å². The van der Waals surface area contributed by atoms with Crippen LogP contribution in [0.2, 0.25) is 0 Å². The topological polar surface area (TPSA) is 90.9 Å². The molecule has 0 unspecified atom stereocenters.